The second-order valence-electron chi connectivity index (χ2n) is 4.71. The van der Waals surface area contributed by atoms with Crippen LogP contribution in [-0.4, -0.2) is 50.2 Å². The van der Waals surface area contributed by atoms with E-state index in [9.17, 15) is 9.90 Å². The van der Waals surface area contributed by atoms with E-state index in [2.05, 4.69) is 0 Å². The highest BCUT2D eigenvalue weighted by molar-refractivity contribution is 5.65. The molecule has 1 N–H and O–H groups in total. The summed E-state index contributed by atoms with van der Waals surface area (Å²) >= 11 is 0. The number of hydrogen-bond acceptors (Lipinski definition) is 5. The Morgan fingerprint density at radius 3 is 2.61 bits per heavy atom. The molecule has 2 atom stereocenters. The maximum absolute atomic E-state index is 10.5. The number of aliphatic hydroxyl groups excluding tert-OH is 1. The van der Waals surface area contributed by atoms with Gasteiger partial charge in [-0.25, -0.2) is 0 Å². The molecule has 18 heavy (non-hydrogen) atoms. The van der Waals surface area contributed by atoms with Gasteiger partial charge < -0.3 is 19.3 Å². The van der Waals surface area contributed by atoms with Gasteiger partial charge in [-0.3, -0.25) is 4.79 Å². The van der Waals surface area contributed by atoms with Crippen molar-refractivity contribution in [2.45, 2.75) is 38.7 Å². The summed E-state index contributed by atoms with van der Waals surface area (Å²) in [6.45, 7) is 3.84. The Labute approximate surface area is 108 Å². The van der Waals surface area contributed by atoms with Crippen LogP contribution in [0.4, 0.5) is 0 Å². The topological polar surface area (TPSA) is 65.0 Å². The summed E-state index contributed by atoms with van der Waals surface area (Å²) in [5.41, 5.74) is 0. The van der Waals surface area contributed by atoms with E-state index in [0.717, 1.165) is 25.7 Å². The molecule has 2 unspecified atom stereocenters. The van der Waals surface area contributed by atoms with Crippen molar-refractivity contribution < 1.29 is 24.1 Å². The van der Waals surface area contributed by atoms with Gasteiger partial charge in [0.25, 0.3) is 0 Å². The number of esters is 1. The van der Waals surface area contributed by atoms with Gasteiger partial charge in [-0.15, -0.1) is 0 Å². The first-order valence-electron chi connectivity index (χ1n) is 6.65. The smallest absolute Gasteiger partial charge is 0.302 e. The lowest BCUT2D eigenvalue weighted by Gasteiger charge is -2.25. The Hall–Kier alpha value is -0.650. The monoisotopic (exact) mass is 260 g/mol. The summed E-state index contributed by atoms with van der Waals surface area (Å²) < 4.78 is 15.5. The molecule has 0 amide bonds. The Kier molecular flexibility index (Phi) is 7.96. The normalized spacial score (nSPS) is 23.9. The van der Waals surface area contributed by atoms with Crippen LogP contribution < -0.4 is 0 Å². The lowest BCUT2D eigenvalue weighted by Crippen LogP contribution is -2.23. The zero-order chi connectivity index (χ0) is 13.2. The number of aliphatic hydroxyl groups is 1. The Bertz CT molecular complexity index is 231. The molecular weight excluding hydrogens is 236 g/mol. The minimum absolute atomic E-state index is 0.146. The lowest BCUT2D eigenvalue weighted by atomic mass is 9.88. The van der Waals surface area contributed by atoms with Crippen LogP contribution in [0.5, 0.6) is 0 Å². The predicted octanol–water partition coefficient (Wildman–Crippen LogP) is 1.13. The van der Waals surface area contributed by atoms with E-state index >= 15 is 0 Å². The van der Waals surface area contributed by atoms with E-state index < -0.39 is 0 Å². The molecule has 0 spiro atoms. The minimum Gasteiger partial charge on any atom is -0.463 e. The summed E-state index contributed by atoms with van der Waals surface area (Å²) in [7, 11) is 0. The van der Waals surface area contributed by atoms with Gasteiger partial charge in [-0.1, -0.05) is 6.42 Å². The molecule has 0 aromatic heterocycles. The van der Waals surface area contributed by atoms with E-state index in [0.29, 0.717) is 39.0 Å². The van der Waals surface area contributed by atoms with E-state index in [-0.39, 0.29) is 12.1 Å². The van der Waals surface area contributed by atoms with Crippen molar-refractivity contribution in [2.24, 2.45) is 5.92 Å². The first-order chi connectivity index (χ1) is 8.68. The third kappa shape index (κ3) is 7.63. The summed E-state index contributed by atoms with van der Waals surface area (Å²) in [5.74, 6) is 0.195. The summed E-state index contributed by atoms with van der Waals surface area (Å²) in [6.07, 6.45) is 3.87. The van der Waals surface area contributed by atoms with Gasteiger partial charge in [0.05, 0.1) is 25.9 Å². The van der Waals surface area contributed by atoms with Gasteiger partial charge >= 0.3 is 5.97 Å². The van der Waals surface area contributed by atoms with Gasteiger partial charge in [-0.05, 0) is 25.2 Å². The number of ether oxygens (including phenoxy) is 3. The second kappa shape index (κ2) is 9.30. The van der Waals surface area contributed by atoms with Crippen LogP contribution in [0.15, 0.2) is 0 Å². The van der Waals surface area contributed by atoms with E-state index in [1.165, 1.54) is 6.92 Å². The van der Waals surface area contributed by atoms with Crippen molar-refractivity contribution in [3.05, 3.63) is 0 Å². The van der Waals surface area contributed by atoms with Crippen LogP contribution in [0.3, 0.4) is 0 Å². The van der Waals surface area contributed by atoms with Crippen LogP contribution in [0.1, 0.15) is 32.6 Å². The fourth-order valence-electron chi connectivity index (χ4n) is 2.13. The highest BCUT2D eigenvalue weighted by Gasteiger charge is 2.19. The zero-order valence-electron chi connectivity index (χ0n) is 11.1. The van der Waals surface area contributed by atoms with Gasteiger partial charge in [0.15, 0.2) is 0 Å². The maximum Gasteiger partial charge on any atom is 0.302 e. The number of rotatable bonds is 8. The molecule has 0 bridgehead atoms. The summed E-state index contributed by atoms with van der Waals surface area (Å²) in [6, 6.07) is 0. The molecule has 5 nitrogen and oxygen atoms in total. The average Bonchev–Trinajstić information content (AvgIpc) is 2.32. The number of carbonyl (C=O) groups is 1. The van der Waals surface area contributed by atoms with Gasteiger partial charge in [0, 0.05) is 13.5 Å². The van der Waals surface area contributed by atoms with E-state index in [4.69, 9.17) is 14.2 Å². The molecule has 1 aliphatic carbocycles. The SMILES string of the molecule is CC(=O)OCCOCCOCC1CCCC(O)C1. The lowest BCUT2D eigenvalue weighted by molar-refractivity contribution is -0.142. The van der Waals surface area contributed by atoms with Crippen molar-refractivity contribution in [1.82, 2.24) is 0 Å². The second-order valence-corrected chi connectivity index (χ2v) is 4.71. The van der Waals surface area contributed by atoms with Crippen LogP contribution in [0.2, 0.25) is 0 Å². The van der Waals surface area contributed by atoms with Crippen LogP contribution in [0.25, 0.3) is 0 Å². The fourth-order valence-corrected chi connectivity index (χ4v) is 2.13. The predicted molar refractivity (Wildman–Crippen MR) is 66.2 cm³/mol. The van der Waals surface area contributed by atoms with Gasteiger partial charge in [0.1, 0.15) is 6.61 Å². The zero-order valence-corrected chi connectivity index (χ0v) is 11.1. The Morgan fingerprint density at radius 1 is 1.17 bits per heavy atom. The summed E-state index contributed by atoms with van der Waals surface area (Å²) in [4.78, 5) is 10.5. The van der Waals surface area contributed by atoms with Crippen LogP contribution in [0, 0.1) is 5.92 Å². The third-order valence-corrected chi connectivity index (χ3v) is 3.01. The van der Waals surface area contributed by atoms with E-state index in [1.54, 1.807) is 0 Å². The highest BCUT2D eigenvalue weighted by Crippen LogP contribution is 2.24. The van der Waals surface area contributed by atoms with Crippen molar-refractivity contribution >= 4 is 5.97 Å². The largest absolute Gasteiger partial charge is 0.463 e. The molecule has 106 valence electrons. The van der Waals surface area contributed by atoms with Crippen LogP contribution in [-0.2, 0) is 19.0 Å². The maximum atomic E-state index is 10.5. The Morgan fingerprint density at radius 2 is 1.89 bits per heavy atom. The molecule has 0 aromatic carbocycles. The first kappa shape index (κ1) is 15.4. The highest BCUT2D eigenvalue weighted by atomic mass is 16.6. The molecule has 1 aliphatic rings. The molecular formula is C13H24O5. The number of hydrogen-bond donors (Lipinski definition) is 1. The quantitative estimate of drug-likeness (QED) is 0.523. The van der Waals surface area contributed by atoms with Crippen LogP contribution >= 0.6 is 0 Å². The molecule has 0 radical (unpaired) electrons. The standard InChI is InChI=1S/C13H24O5/c1-11(14)18-8-7-16-5-6-17-10-12-3-2-4-13(15)9-12/h12-13,15H,2-10H2,1H3. The molecule has 5 heteroatoms. The Balaban J connectivity index is 1.85. The van der Waals surface area contributed by atoms with Gasteiger partial charge in [-0.2, -0.15) is 0 Å². The molecule has 1 fully saturated rings. The molecule has 0 aromatic rings. The fraction of sp³-hybridized carbons (Fsp3) is 0.923. The molecule has 0 saturated heterocycles. The minimum atomic E-state index is -0.286. The van der Waals surface area contributed by atoms with Crippen molar-refractivity contribution in [3.63, 3.8) is 0 Å². The van der Waals surface area contributed by atoms with Crippen molar-refractivity contribution in [1.29, 1.82) is 0 Å². The first-order valence-corrected chi connectivity index (χ1v) is 6.65. The molecule has 1 rings (SSSR count). The van der Waals surface area contributed by atoms with Crippen molar-refractivity contribution in [2.75, 3.05) is 33.0 Å². The molecule has 0 aliphatic heterocycles. The summed E-state index contributed by atoms with van der Waals surface area (Å²) in [5, 5.41) is 9.50. The van der Waals surface area contributed by atoms with Crippen molar-refractivity contribution in [3.8, 4) is 0 Å². The number of carbonyl (C=O) groups excluding carboxylic acids is 1. The molecule has 0 heterocycles. The average molecular weight is 260 g/mol. The van der Waals surface area contributed by atoms with E-state index in [1.807, 2.05) is 0 Å². The molecule has 1 saturated carbocycles. The van der Waals surface area contributed by atoms with Gasteiger partial charge in [0.2, 0.25) is 0 Å². The third-order valence-electron chi connectivity index (χ3n) is 3.01.